The second kappa shape index (κ2) is 12.3. The van der Waals surface area contributed by atoms with Crippen LogP contribution in [0.4, 0.5) is 5.69 Å². The number of nitrogens with zero attached hydrogens (tertiary/aromatic N) is 1. The van der Waals surface area contributed by atoms with Crippen molar-refractivity contribution in [1.29, 1.82) is 0 Å². The summed E-state index contributed by atoms with van der Waals surface area (Å²) in [5, 5.41) is 6.67. The minimum absolute atomic E-state index is 0.178. The molecule has 2 unspecified atom stereocenters. The third-order valence-electron chi connectivity index (χ3n) is 6.25. The van der Waals surface area contributed by atoms with Gasteiger partial charge in [-0.25, -0.2) is 4.99 Å². The average Bonchev–Trinajstić information content (AvgIpc) is 3.62. The lowest BCUT2D eigenvalue weighted by Crippen LogP contribution is -2.37. The summed E-state index contributed by atoms with van der Waals surface area (Å²) in [5.41, 5.74) is 19.3. The smallest absolute Gasteiger partial charge is 0.125 e. The second-order valence-corrected chi connectivity index (χ2v) is 8.81. The van der Waals surface area contributed by atoms with Crippen LogP contribution in [-0.2, 0) is 6.42 Å². The van der Waals surface area contributed by atoms with Crippen molar-refractivity contribution in [1.82, 2.24) is 5.32 Å². The Morgan fingerprint density at radius 1 is 1.09 bits per heavy atom. The van der Waals surface area contributed by atoms with Crippen LogP contribution in [0.1, 0.15) is 55.7 Å². The summed E-state index contributed by atoms with van der Waals surface area (Å²) in [7, 11) is 1.92. The summed E-state index contributed by atoms with van der Waals surface area (Å²) in [4.78, 5) is 4.53. The molecule has 33 heavy (non-hydrogen) atoms. The van der Waals surface area contributed by atoms with Gasteiger partial charge >= 0.3 is 0 Å². The van der Waals surface area contributed by atoms with E-state index in [4.69, 9.17) is 11.5 Å². The number of hydrogen-bond donors (Lipinski definition) is 4. The Morgan fingerprint density at radius 2 is 1.76 bits per heavy atom. The van der Waals surface area contributed by atoms with Crippen LogP contribution in [0.5, 0.6) is 0 Å². The largest absolute Gasteiger partial charge is 0.391 e. The van der Waals surface area contributed by atoms with Crippen LogP contribution in [-0.4, -0.2) is 25.5 Å². The van der Waals surface area contributed by atoms with Gasteiger partial charge in [0.25, 0.3) is 0 Å². The van der Waals surface area contributed by atoms with Gasteiger partial charge in [-0.3, -0.25) is 0 Å². The summed E-state index contributed by atoms with van der Waals surface area (Å²) in [6.07, 6.45) is 8.77. The van der Waals surface area contributed by atoms with Crippen molar-refractivity contribution in [2.45, 2.75) is 51.5 Å². The lowest BCUT2D eigenvalue weighted by molar-refractivity contribution is 0.338. The van der Waals surface area contributed by atoms with Crippen molar-refractivity contribution in [2.75, 3.05) is 18.9 Å². The molecule has 0 aliphatic heterocycles. The number of benzene rings is 2. The Labute approximate surface area is 199 Å². The molecular formula is C28H39N5. The number of hydrogen-bond acceptors (Lipinski definition) is 4. The van der Waals surface area contributed by atoms with Crippen molar-refractivity contribution in [3.8, 4) is 0 Å². The van der Waals surface area contributed by atoms with Crippen LogP contribution in [0.25, 0.3) is 5.70 Å². The number of fused-ring (bicyclic) bond motifs is 1. The summed E-state index contributed by atoms with van der Waals surface area (Å²) >= 11 is 0. The first-order valence-electron chi connectivity index (χ1n) is 12.1. The van der Waals surface area contributed by atoms with Gasteiger partial charge in [-0.15, -0.1) is 0 Å². The molecule has 0 amide bonds. The van der Waals surface area contributed by atoms with Crippen molar-refractivity contribution in [3.05, 3.63) is 83.6 Å². The van der Waals surface area contributed by atoms with Gasteiger partial charge in [-0.05, 0) is 49.0 Å². The van der Waals surface area contributed by atoms with E-state index in [1.54, 1.807) is 0 Å². The third kappa shape index (κ3) is 7.22. The van der Waals surface area contributed by atoms with Gasteiger partial charge in [0.15, 0.2) is 0 Å². The Hall–Kier alpha value is -3.05. The summed E-state index contributed by atoms with van der Waals surface area (Å²) in [6.45, 7) is 7.16. The third-order valence-corrected chi connectivity index (χ3v) is 6.25. The molecule has 0 spiro atoms. The van der Waals surface area contributed by atoms with Crippen LogP contribution >= 0.6 is 0 Å². The number of amidine groups is 1. The van der Waals surface area contributed by atoms with Crippen molar-refractivity contribution < 1.29 is 0 Å². The van der Waals surface area contributed by atoms with Crippen LogP contribution in [0.15, 0.2) is 71.9 Å². The zero-order chi connectivity index (χ0) is 23.6. The van der Waals surface area contributed by atoms with E-state index >= 15 is 0 Å². The van der Waals surface area contributed by atoms with E-state index in [-0.39, 0.29) is 6.04 Å². The molecule has 176 valence electrons. The number of nitrogens with two attached hydrogens (primary N) is 2. The van der Waals surface area contributed by atoms with E-state index in [0.717, 1.165) is 42.8 Å². The Kier molecular flexibility index (Phi) is 9.14. The Balaban J connectivity index is 0.000000364. The zero-order valence-corrected chi connectivity index (χ0v) is 20.1. The monoisotopic (exact) mass is 445 g/mol. The van der Waals surface area contributed by atoms with Gasteiger partial charge in [0.2, 0.25) is 0 Å². The lowest BCUT2D eigenvalue weighted by Gasteiger charge is -2.30. The molecule has 1 saturated carbocycles. The average molecular weight is 446 g/mol. The zero-order valence-electron chi connectivity index (χ0n) is 20.1. The first-order chi connectivity index (χ1) is 16.0. The highest BCUT2D eigenvalue weighted by Crippen LogP contribution is 2.28. The molecule has 4 rings (SSSR count). The molecule has 0 bridgehead atoms. The number of nitrogens with one attached hydrogen (secondary N) is 2. The quantitative estimate of drug-likeness (QED) is 0.289. The van der Waals surface area contributed by atoms with E-state index in [1.165, 1.54) is 30.4 Å². The van der Waals surface area contributed by atoms with Crippen LogP contribution in [0.3, 0.4) is 0 Å². The fourth-order valence-corrected chi connectivity index (χ4v) is 4.30. The van der Waals surface area contributed by atoms with Crippen molar-refractivity contribution >= 4 is 17.2 Å². The van der Waals surface area contributed by atoms with Crippen molar-refractivity contribution in [2.24, 2.45) is 22.4 Å². The minimum Gasteiger partial charge on any atom is -0.391 e. The predicted octanol–water partition coefficient (Wildman–Crippen LogP) is 5.05. The van der Waals surface area contributed by atoms with E-state index in [1.807, 2.05) is 37.4 Å². The second-order valence-electron chi connectivity index (χ2n) is 8.81. The maximum absolute atomic E-state index is 6.30. The lowest BCUT2D eigenvalue weighted by atomic mass is 9.82. The highest BCUT2D eigenvalue weighted by Gasteiger charge is 2.24. The van der Waals surface area contributed by atoms with Gasteiger partial charge in [0.1, 0.15) is 5.84 Å². The molecule has 0 saturated heterocycles. The maximum Gasteiger partial charge on any atom is 0.125 e. The molecule has 2 aromatic carbocycles. The molecular weight excluding hydrogens is 406 g/mol. The molecule has 6 N–H and O–H groups in total. The highest BCUT2D eigenvalue weighted by molar-refractivity contribution is 5.96. The van der Waals surface area contributed by atoms with E-state index in [2.05, 4.69) is 53.4 Å². The fourth-order valence-electron chi connectivity index (χ4n) is 4.30. The van der Waals surface area contributed by atoms with Crippen LogP contribution in [0, 0.1) is 5.92 Å². The standard InChI is InChI=1S/C21H33N5.C7H6/c1-4-13-25-19-12-8-6-9-16(19)15(2)26-21(23)14-20(24-3)17-10-5-7-11-18(17)22;1-2-4-7-5-6(7)3-1/h6,8-9,12,14,17-18,24-25H,2,4-5,7,10-11,13,22H2,1,3H3,(H2,23,26);1-4H,5H2/b20-14-;. The summed E-state index contributed by atoms with van der Waals surface area (Å²) in [6, 6.07) is 16.7. The molecule has 5 heteroatoms. The number of para-hydroxylation sites is 1. The molecule has 0 aromatic heterocycles. The summed E-state index contributed by atoms with van der Waals surface area (Å²) < 4.78 is 0. The van der Waals surface area contributed by atoms with Crippen LogP contribution in [0.2, 0.25) is 0 Å². The van der Waals surface area contributed by atoms with Crippen LogP contribution < -0.4 is 22.1 Å². The molecule has 2 aliphatic carbocycles. The molecule has 2 aliphatic rings. The number of aliphatic imine (C=N–C) groups is 1. The van der Waals surface area contributed by atoms with Crippen molar-refractivity contribution in [3.63, 3.8) is 0 Å². The topological polar surface area (TPSA) is 88.5 Å². The first kappa shape index (κ1) is 24.6. The normalized spacial score (nSPS) is 19.6. The van der Waals surface area contributed by atoms with Gasteiger partial charge in [0.05, 0.1) is 5.70 Å². The minimum atomic E-state index is 0.178. The number of anilines is 1. The number of rotatable bonds is 8. The van der Waals surface area contributed by atoms with Gasteiger partial charge in [-0.2, -0.15) is 0 Å². The van der Waals surface area contributed by atoms with E-state index in [9.17, 15) is 0 Å². The molecule has 2 atom stereocenters. The molecule has 0 radical (unpaired) electrons. The van der Waals surface area contributed by atoms with E-state index < -0.39 is 0 Å². The predicted molar refractivity (Wildman–Crippen MR) is 142 cm³/mol. The first-order valence-corrected chi connectivity index (χ1v) is 12.1. The fraction of sp³-hybridized carbons (Fsp3) is 0.393. The molecule has 5 nitrogen and oxygen atoms in total. The molecule has 1 fully saturated rings. The van der Waals surface area contributed by atoms with Gasteiger partial charge < -0.3 is 22.1 Å². The summed E-state index contributed by atoms with van der Waals surface area (Å²) in [5.74, 6) is 0.761. The Bertz CT molecular complexity index is 970. The maximum atomic E-state index is 6.30. The SMILES string of the molecule is C=C(N=C(N)/C=C(\NC)C1CCCCC1N)c1ccccc1NCCC.c1ccc2c(c1)C2. The van der Waals surface area contributed by atoms with Gasteiger partial charge in [0, 0.05) is 42.5 Å². The molecule has 2 aromatic rings. The molecule has 0 heterocycles. The van der Waals surface area contributed by atoms with Gasteiger partial charge in [-0.1, -0.05) is 68.8 Å². The highest BCUT2D eigenvalue weighted by atomic mass is 14.9. The Morgan fingerprint density at radius 3 is 2.39 bits per heavy atom. The van der Waals surface area contributed by atoms with E-state index in [0.29, 0.717) is 17.5 Å².